The van der Waals surface area contributed by atoms with Crippen molar-refractivity contribution in [2.24, 2.45) is 0 Å². The van der Waals surface area contributed by atoms with E-state index in [1.165, 1.54) is 0 Å². The van der Waals surface area contributed by atoms with Gasteiger partial charge in [0, 0.05) is 10.4 Å². The standard InChI is InChI=1S/C12H15ClN2/c1-4-12(2,3)11-14-9-6-5-8(13)7-10(9)15-11/h5-7H,4H2,1-3H3,(H,14,15). The van der Waals surface area contributed by atoms with Gasteiger partial charge in [0.25, 0.3) is 0 Å². The van der Waals surface area contributed by atoms with Crippen LogP contribution in [0.15, 0.2) is 18.2 Å². The molecule has 0 saturated carbocycles. The number of aromatic amines is 1. The first-order chi connectivity index (χ1) is 7.03. The summed E-state index contributed by atoms with van der Waals surface area (Å²) >= 11 is 5.93. The lowest BCUT2D eigenvalue weighted by atomic mass is 9.90. The molecule has 1 heterocycles. The summed E-state index contributed by atoms with van der Waals surface area (Å²) in [5, 5.41) is 0.743. The predicted molar refractivity (Wildman–Crippen MR) is 64.4 cm³/mol. The van der Waals surface area contributed by atoms with Crippen LogP contribution in [0, 0.1) is 0 Å². The minimum atomic E-state index is 0.0888. The van der Waals surface area contributed by atoms with Crippen LogP contribution in [0.25, 0.3) is 11.0 Å². The summed E-state index contributed by atoms with van der Waals surface area (Å²) in [5.41, 5.74) is 2.08. The zero-order valence-electron chi connectivity index (χ0n) is 9.26. The minimum absolute atomic E-state index is 0.0888. The van der Waals surface area contributed by atoms with Gasteiger partial charge in [-0.3, -0.25) is 0 Å². The van der Waals surface area contributed by atoms with E-state index in [1.807, 2.05) is 18.2 Å². The van der Waals surface area contributed by atoms with Crippen LogP contribution in [-0.4, -0.2) is 9.97 Å². The Bertz CT molecular complexity index is 485. The molecule has 1 N–H and O–H groups in total. The number of aromatic nitrogens is 2. The molecule has 0 atom stereocenters. The molecular formula is C12H15ClN2. The van der Waals surface area contributed by atoms with Crippen molar-refractivity contribution in [2.45, 2.75) is 32.6 Å². The zero-order valence-corrected chi connectivity index (χ0v) is 10.0. The molecule has 2 aromatic rings. The van der Waals surface area contributed by atoms with Crippen LogP contribution in [0.1, 0.15) is 33.0 Å². The topological polar surface area (TPSA) is 28.7 Å². The predicted octanol–water partition coefficient (Wildman–Crippen LogP) is 3.90. The lowest BCUT2D eigenvalue weighted by molar-refractivity contribution is 0.479. The maximum absolute atomic E-state index is 5.93. The summed E-state index contributed by atoms with van der Waals surface area (Å²) in [6, 6.07) is 5.73. The lowest BCUT2D eigenvalue weighted by Crippen LogP contribution is -2.17. The Morgan fingerprint density at radius 2 is 2.13 bits per heavy atom. The summed E-state index contributed by atoms with van der Waals surface area (Å²) < 4.78 is 0. The van der Waals surface area contributed by atoms with Crippen molar-refractivity contribution in [1.29, 1.82) is 0 Å². The Labute approximate surface area is 94.7 Å². The Kier molecular flexibility index (Phi) is 2.47. The molecule has 0 saturated heterocycles. The smallest absolute Gasteiger partial charge is 0.112 e. The fourth-order valence-electron chi connectivity index (χ4n) is 1.47. The number of hydrogen-bond acceptors (Lipinski definition) is 1. The van der Waals surface area contributed by atoms with Crippen LogP contribution < -0.4 is 0 Å². The van der Waals surface area contributed by atoms with Crippen LogP contribution in [0.2, 0.25) is 5.02 Å². The van der Waals surface area contributed by atoms with Crippen molar-refractivity contribution in [3.63, 3.8) is 0 Å². The molecule has 0 amide bonds. The normalized spacial score (nSPS) is 12.3. The van der Waals surface area contributed by atoms with Crippen LogP contribution in [-0.2, 0) is 5.41 Å². The minimum Gasteiger partial charge on any atom is -0.341 e. The van der Waals surface area contributed by atoms with Crippen LogP contribution in [0.3, 0.4) is 0 Å². The van der Waals surface area contributed by atoms with Gasteiger partial charge >= 0.3 is 0 Å². The summed E-state index contributed by atoms with van der Waals surface area (Å²) in [6.07, 6.45) is 1.06. The highest BCUT2D eigenvalue weighted by molar-refractivity contribution is 6.31. The maximum atomic E-state index is 5.93. The van der Waals surface area contributed by atoms with Crippen molar-refractivity contribution >= 4 is 22.6 Å². The van der Waals surface area contributed by atoms with E-state index in [4.69, 9.17) is 11.6 Å². The second kappa shape index (κ2) is 3.53. The Hall–Kier alpha value is -1.02. The van der Waals surface area contributed by atoms with E-state index in [2.05, 4.69) is 30.7 Å². The molecule has 0 unspecified atom stereocenters. The molecular weight excluding hydrogens is 208 g/mol. The Morgan fingerprint density at radius 1 is 1.40 bits per heavy atom. The van der Waals surface area contributed by atoms with Gasteiger partial charge in [-0.2, -0.15) is 0 Å². The first kappa shape index (κ1) is 10.5. The van der Waals surface area contributed by atoms with Gasteiger partial charge in [0.1, 0.15) is 5.82 Å². The molecule has 3 heteroatoms. The molecule has 2 rings (SSSR count). The van der Waals surface area contributed by atoms with Gasteiger partial charge in [0.15, 0.2) is 0 Å². The fourth-order valence-corrected chi connectivity index (χ4v) is 1.64. The molecule has 0 bridgehead atoms. The number of nitrogens with zero attached hydrogens (tertiary/aromatic N) is 1. The number of hydrogen-bond donors (Lipinski definition) is 1. The van der Waals surface area contributed by atoms with Crippen molar-refractivity contribution in [3.8, 4) is 0 Å². The average Bonchev–Trinajstić information content (AvgIpc) is 2.61. The quantitative estimate of drug-likeness (QED) is 0.820. The molecule has 0 fully saturated rings. The number of H-pyrrole nitrogens is 1. The first-order valence-electron chi connectivity index (χ1n) is 5.18. The van der Waals surface area contributed by atoms with Crippen molar-refractivity contribution < 1.29 is 0 Å². The number of halogens is 1. The third-order valence-corrected chi connectivity index (χ3v) is 3.20. The van der Waals surface area contributed by atoms with E-state index in [-0.39, 0.29) is 5.41 Å². The monoisotopic (exact) mass is 222 g/mol. The fraction of sp³-hybridized carbons (Fsp3) is 0.417. The highest BCUT2D eigenvalue weighted by Gasteiger charge is 2.21. The summed E-state index contributed by atoms with van der Waals surface area (Å²) in [5.74, 6) is 1.03. The molecule has 0 spiro atoms. The highest BCUT2D eigenvalue weighted by atomic mass is 35.5. The summed E-state index contributed by atoms with van der Waals surface area (Å²) in [7, 11) is 0. The lowest BCUT2D eigenvalue weighted by Gasteiger charge is -2.18. The van der Waals surface area contributed by atoms with Gasteiger partial charge in [-0.15, -0.1) is 0 Å². The molecule has 1 aromatic heterocycles. The van der Waals surface area contributed by atoms with Gasteiger partial charge in [-0.1, -0.05) is 32.4 Å². The molecule has 80 valence electrons. The molecule has 15 heavy (non-hydrogen) atoms. The van der Waals surface area contributed by atoms with Crippen molar-refractivity contribution in [3.05, 3.63) is 29.0 Å². The van der Waals surface area contributed by atoms with Crippen LogP contribution >= 0.6 is 11.6 Å². The number of benzene rings is 1. The van der Waals surface area contributed by atoms with Crippen LogP contribution in [0.5, 0.6) is 0 Å². The molecule has 0 aliphatic heterocycles. The van der Waals surface area contributed by atoms with E-state index in [9.17, 15) is 0 Å². The SMILES string of the molecule is CCC(C)(C)c1nc2ccc(Cl)cc2[nH]1. The summed E-state index contributed by atoms with van der Waals surface area (Å²) in [6.45, 7) is 6.54. The van der Waals surface area contributed by atoms with E-state index < -0.39 is 0 Å². The number of fused-ring (bicyclic) bond motifs is 1. The third kappa shape index (κ3) is 1.86. The highest BCUT2D eigenvalue weighted by Crippen LogP contribution is 2.27. The largest absolute Gasteiger partial charge is 0.341 e. The van der Waals surface area contributed by atoms with E-state index in [0.717, 1.165) is 28.3 Å². The second-order valence-corrected chi connectivity index (χ2v) is 4.92. The Balaban J connectivity index is 2.56. The van der Waals surface area contributed by atoms with Crippen molar-refractivity contribution in [1.82, 2.24) is 9.97 Å². The second-order valence-electron chi connectivity index (χ2n) is 4.48. The van der Waals surface area contributed by atoms with Crippen molar-refractivity contribution in [2.75, 3.05) is 0 Å². The van der Waals surface area contributed by atoms with Gasteiger partial charge < -0.3 is 4.98 Å². The van der Waals surface area contributed by atoms with Gasteiger partial charge in [0.05, 0.1) is 11.0 Å². The third-order valence-electron chi connectivity index (χ3n) is 2.97. The summed E-state index contributed by atoms with van der Waals surface area (Å²) in [4.78, 5) is 7.91. The maximum Gasteiger partial charge on any atom is 0.112 e. The van der Waals surface area contributed by atoms with E-state index in [0.29, 0.717) is 0 Å². The molecule has 2 nitrogen and oxygen atoms in total. The van der Waals surface area contributed by atoms with Gasteiger partial charge in [0.2, 0.25) is 0 Å². The first-order valence-corrected chi connectivity index (χ1v) is 5.56. The van der Waals surface area contributed by atoms with E-state index >= 15 is 0 Å². The molecule has 0 aliphatic carbocycles. The number of rotatable bonds is 2. The number of imidazole rings is 1. The molecule has 0 aliphatic rings. The zero-order chi connectivity index (χ0) is 11.1. The molecule has 1 aromatic carbocycles. The van der Waals surface area contributed by atoms with Gasteiger partial charge in [-0.25, -0.2) is 4.98 Å². The Morgan fingerprint density at radius 3 is 2.80 bits per heavy atom. The average molecular weight is 223 g/mol. The van der Waals surface area contributed by atoms with Gasteiger partial charge in [-0.05, 0) is 24.6 Å². The van der Waals surface area contributed by atoms with Crippen LogP contribution in [0.4, 0.5) is 0 Å². The van der Waals surface area contributed by atoms with E-state index in [1.54, 1.807) is 0 Å². The molecule has 0 radical (unpaired) electrons. The number of nitrogens with one attached hydrogen (secondary N) is 1.